The lowest BCUT2D eigenvalue weighted by Crippen LogP contribution is -2.32. The average Bonchev–Trinajstić information content (AvgIpc) is 2.85. The first-order valence-electron chi connectivity index (χ1n) is 11.8. The molecule has 0 saturated heterocycles. The van der Waals surface area contributed by atoms with Crippen LogP contribution in [0, 0.1) is 5.41 Å². The van der Waals surface area contributed by atoms with Gasteiger partial charge in [0.25, 0.3) is 5.56 Å². The number of nitrogens with one attached hydrogen (secondary N) is 2. The molecule has 0 fully saturated rings. The zero-order valence-electron chi connectivity index (χ0n) is 21.0. The molecule has 0 saturated carbocycles. The molecule has 0 spiro atoms. The fourth-order valence-electron chi connectivity index (χ4n) is 3.77. The summed E-state index contributed by atoms with van der Waals surface area (Å²) in [4.78, 5) is 22.3. The van der Waals surface area contributed by atoms with Crippen LogP contribution in [0.4, 0.5) is 8.78 Å². The Labute approximate surface area is 217 Å². The van der Waals surface area contributed by atoms with Crippen molar-refractivity contribution < 1.29 is 23.4 Å². The Morgan fingerprint density at radius 1 is 1.21 bits per heavy atom. The van der Waals surface area contributed by atoms with Gasteiger partial charge < -0.3 is 25.3 Å². The second kappa shape index (κ2) is 10.9. The predicted octanol–water partition coefficient (Wildman–Crippen LogP) is 4.00. The Morgan fingerprint density at radius 2 is 1.97 bits per heavy atom. The second-order valence-electron chi connectivity index (χ2n) is 9.07. The van der Waals surface area contributed by atoms with Crippen molar-refractivity contribution >= 4 is 22.3 Å². The van der Waals surface area contributed by atoms with Gasteiger partial charge in [0.2, 0.25) is 11.8 Å². The predicted molar refractivity (Wildman–Crippen MR) is 140 cm³/mol. The van der Waals surface area contributed by atoms with Gasteiger partial charge in [0.15, 0.2) is 5.65 Å². The summed E-state index contributed by atoms with van der Waals surface area (Å²) in [6, 6.07) is 7.85. The molecular weight excluding hydrogens is 496 g/mol. The first kappa shape index (κ1) is 26.7. The summed E-state index contributed by atoms with van der Waals surface area (Å²) >= 11 is 0. The van der Waals surface area contributed by atoms with Crippen LogP contribution in [0.3, 0.4) is 0 Å². The Bertz CT molecular complexity index is 1500. The molecule has 1 aliphatic rings. The maximum Gasteiger partial charge on any atom is 0.388 e. The van der Waals surface area contributed by atoms with E-state index < -0.39 is 17.8 Å². The van der Waals surface area contributed by atoms with Crippen LogP contribution >= 0.6 is 0 Å². The lowest BCUT2D eigenvalue weighted by Gasteiger charge is -2.18. The number of rotatable bonds is 9. The monoisotopic (exact) mass is 523 g/mol. The lowest BCUT2D eigenvalue weighted by molar-refractivity contribution is -0.0528. The summed E-state index contributed by atoms with van der Waals surface area (Å²) in [5.74, 6) is 0.0323. The van der Waals surface area contributed by atoms with Gasteiger partial charge >= 0.3 is 6.61 Å². The third-order valence-corrected chi connectivity index (χ3v) is 5.46. The minimum atomic E-state index is -3.03. The third-order valence-electron chi connectivity index (χ3n) is 5.46. The standard InChI is InChI=1S/C27H27F2N5O4/c1-4-37-23-9-6-17-12-20(16-5-8-21(30)18(11-16)13-31-15-27(2,3)36)25(35)34(24(17)33-23)19-7-10-22(32-14-19)38-26(28)29/h5-14,26,30-31,36H,4,15H2,1-3H3/b18-13-,30-21?. The molecule has 198 valence electrons. The number of halogens is 2. The van der Waals surface area contributed by atoms with E-state index in [1.165, 1.54) is 22.9 Å². The molecule has 0 atom stereocenters. The van der Waals surface area contributed by atoms with Crippen LogP contribution in [0.5, 0.6) is 11.8 Å². The maximum atomic E-state index is 13.9. The van der Waals surface area contributed by atoms with Crippen molar-refractivity contribution in [2.24, 2.45) is 0 Å². The molecule has 1 aliphatic carbocycles. The Morgan fingerprint density at radius 3 is 2.63 bits per heavy atom. The normalized spacial score (nSPS) is 14.8. The van der Waals surface area contributed by atoms with E-state index >= 15 is 0 Å². The summed E-state index contributed by atoms with van der Waals surface area (Å²) < 4.78 is 36.4. The molecule has 0 bridgehead atoms. The van der Waals surface area contributed by atoms with Crippen LogP contribution in [0.1, 0.15) is 26.3 Å². The first-order chi connectivity index (χ1) is 18.1. The number of allylic oxidation sites excluding steroid dienone is 5. The number of hydrogen-bond donors (Lipinski definition) is 3. The summed E-state index contributed by atoms with van der Waals surface area (Å²) in [6.45, 7) is 2.76. The largest absolute Gasteiger partial charge is 0.478 e. The minimum Gasteiger partial charge on any atom is -0.478 e. The average molecular weight is 524 g/mol. The number of fused-ring (bicyclic) bond motifs is 1. The van der Waals surface area contributed by atoms with Gasteiger partial charge in [-0.15, -0.1) is 0 Å². The van der Waals surface area contributed by atoms with Gasteiger partial charge in [-0.3, -0.25) is 9.36 Å². The smallest absolute Gasteiger partial charge is 0.388 e. The molecule has 3 N–H and O–H groups in total. The van der Waals surface area contributed by atoms with Crippen LogP contribution in [0.2, 0.25) is 0 Å². The fraction of sp³-hybridized carbons (Fsp3) is 0.259. The van der Waals surface area contributed by atoms with Gasteiger partial charge in [-0.05, 0) is 56.7 Å². The van der Waals surface area contributed by atoms with Crippen LogP contribution in [-0.4, -0.2) is 50.7 Å². The number of pyridine rings is 3. The molecule has 3 heterocycles. The quantitative estimate of drug-likeness (QED) is 0.388. The molecule has 0 aromatic carbocycles. The first-order valence-corrected chi connectivity index (χ1v) is 11.8. The van der Waals surface area contributed by atoms with Crippen molar-refractivity contribution in [3.63, 3.8) is 0 Å². The van der Waals surface area contributed by atoms with Crippen LogP contribution in [0.15, 0.2) is 71.3 Å². The van der Waals surface area contributed by atoms with Crippen molar-refractivity contribution in [3.8, 4) is 17.4 Å². The van der Waals surface area contributed by atoms with Gasteiger partial charge in [0.05, 0.1) is 29.8 Å². The molecule has 11 heteroatoms. The van der Waals surface area contributed by atoms with Crippen LogP contribution in [-0.2, 0) is 0 Å². The van der Waals surface area contributed by atoms with Crippen LogP contribution < -0.4 is 20.3 Å². The van der Waals surface area contributed by atoms with Gasteiger partial charge in [-0.2, -0.15) is 13.8 Å². The van der Waals surface area contributed by atoms with E-state index in [4.69, 9.17) is 10.1 Å². The molecule has 0 radical (unpaired) electrons. The molecule has 38 heavy (non-hydrogen) atoms. The van der Waals surface area contributed by atoms with Gasteiger partial charge in [0, 0.05) is 41.4 Å². The number of ether oxygens (including phenoxy) is 2. The number of alkyl halides is 2. The van der Waals surface area contributed by atoms with E-state index in [-0.39, 0.29) is 18.1 Å². The highest BCUT2D eigenvalue weighted by Crippen LogP contribution is 2.26. The Hall–Kier alpha value is -4.38. The van der Waals surface area contributed by atoms with Crippen molar-refractivity contribution in [2.75, 3.05) is 13.2 Å². The highest BCUT2D eigenvalue weighted by Gasteiger charge is 2.19. The van der Waals surface area contributed by atoms with Crippen LogP contribution in [0.25, 0.3) is 22.3 Å². The molecule has 0 aliphatic heterocycles. The summed E-state index contributed by atoms with van der Waals surface area (Å²) in [5, 5.41) is 21.8. The number of aliphatic hydroxyl groups is 1. The minimum absolute atomic E-state index is 0.236. The van der Waals surface area contributed by atoms with Gasteiger partial charge in [-0.25, -0.2) is 4.98 Å². The Kier molecular flexibility index (Phi) is 7.67. The lowest BCUT2D eigenvalue weighted by atomic mass is 9.95. The van der Waals surface area contributed by atoms with E-state index in [0.29, 0.717) is 45.9 Å². The van der Waals surface area contributed by atoms with E-state index in [9.17, 15) is 18.7 Å². The Balaban J connectivity index is 1.86. The zero-order valence-corrected chi connectivity index (χ0v) is 21.0. The highest BCUT2D eigenvalue weighted by molar-refractivity contribution is 6.13. The van der Waals surface area contributed by atoms with Gasteiger partial charge in [0.1, 0.15) is 0 Å². The molecule has 9 nitrogen and oxygen atoms in total. The molecule has 3 aromatic rings. The molecular formula is C27H27F2N5O4. The topological polar surface area (TPSA) is 122 Å². The van der Waals surface area contributed by atoms with Crippen molar-refractivity contribution in [3.05, 3.63) is 82.4 Å². The SMILES string of the molecule is CCOc1ccc2cc(C3=C/C(=C/NCC(C)(C)O)C(=N)C=C3)c(=O)n(-c3ccc(OC(F)F)nc3)c2n1. The van der Waals surface area contributed by atoms with Crippen molar-refractivity contribution in [1.29, 1.82) is 5.41 Å². The summed E-state index contributed by atoms with van der Waals surface area (Å²) in [6.07, 6.45) is 7.82. The van der Waals surface area contributed by atoms with E-state index in [0.717, 1.165) is 0 Å². The number of hydrogen-bond acceptors (Lipinski definition) is 8. The van der Waals surface area contributed by atoms with Crippen molar-refractivity contribution in [2.45, 2.75) is 33.0 Å². The molecule has 0 unspecified atom stereocenters. The molecule has 4 rings (SSSR count). The summed E-state index contributed by atoms with van der Waals surface area (Å²) in [5.41, 5.74) is 0.851. The zero-order chi connectivity index (χ0) is 27.4. The molecule has 3 aromatic heterocycles. The second-order valence-corrected chi connectivity index (χ2v) is 9.07. The highest BCUT2D eigenvalue weighted by atomic mass is 19.3. The number of nitrogens with zero attached hydrogens (tertiary/aromatic N) is 3. The third kappa shape index (κ3) is 6.12. The van der Waals surface area contributed by atoms with Gasteiger partial charge in [-0.1, -0.05) is 6.08 Å². The van der Waals surface area contributed by atoms with Crippen molar-refractivity contribution in [1.82, 2.24) is 19.9 Å². The van der Waals surface area contributed by atoms with E-state index in [2.05, 4.69) is 20.0 Å². The molecule has 0 amide bonds. The van der Waals surface area contributed by atoms with E-state index in [1.54, 1.807) is 56.5 Å². The summed E-state index contributed by atoms with van der Waals surface area (Å²) in [7, 11) is 0. The maximum absolute atomic E-state index is 13.9. The van der Waals surface area contributed by atoms with E-state index in [1.807, 2.05) is 6.92 Å². The number of aromatic nitrogens is 3. The fourth-order valence-corrected chi connectivity index (χ4v) is 3.77.